The molecular weight excluding hydrogens is 326 g/mol. The van der Waals surface area contributed by atoms with Crippen LogP contribution in [-0.2, 0) is 12.8 Å². The summed E-state index contributed by atoms with van der Waals surface area (Å²) in [6, 6.07) is 15.4. The summed E-state index contributed by atoms with van der Waals surface area (Å²) in [7, 11) is 0. The number of ether oxygens (including phenoxy) is 1. The van der Waals surface area contributed by atoms with E-state index in [1.165, 1.54) is 22.0 Å². The van der Waals surface area contributed by atoms with Gasteiger partial charge in [-0.05, 0) is 61.6 Å². The Balaban J connectivity index is 1.69. The van der Waals surface area contributed by atoms with Crippen LogP contribution < -0.4 is 10.1 Å². The van der Waals surface area contributed by atoms with Gasteiger partial charge in [-0.25, -0.2) is 0 Å². The third-order valence-corrected chi connectivity index (χ3v) is 4.41. The zero-order chi connectivity index (χ0) is 14.7. The molecule has 0 aromatic heterocycles. The molecule has 3 heteroatoms. The van der Waals surface area contributed by atoms with Crippen molar-refractivity contribution in [2.24, 2.45) is 0 Å². The lowest BCUT2D eigenvalue weighted by atomic mass is 9.88. The van der Waals surface area contributed by atoms with Crippen molar-refractivity contribution in [3.05, 3.63) is 58.1 Å². The molecule has 0 heterocycles. The highest BCUT2D eigenvalue weighted by Crippen LogP contribution is 2.27. The Morgan fingerprint density at radius 3 is 2.95 bits per heavy atom. The number of rotatable bonds is 4. The summed E-state index contributed by atoms with van der Waals surface area (Å²) in [5, 5.41) is 3.64. The van der Waals surface area contributed by atoms with Crippen molar-refractivity contribution in [2.45, 2.75) is 32.2 Å². The fraction of sp³-hybridized carbons (Fsp3) is 0.333. The van der Waals surface area contributed by atoms with Crippen LogP contribution >= 0.6 is 15.9 Å². The molecule has 0 aliphatic heterocycles. The highest BCUT2D eigenvalue weighted by Gasteiger charge is 2.18. The average molecular weight is 346 g/mol. The second-order valence-corrected chi connectivity index (χ2v) is 6.37. The molecule has 1 atom stereocenters. The predicted molar refractivity (Wildman–Crippen MR) is 91.2 cm³/mol. The molecule has 1 aliphatic rings. The van der Waals surface area contributed by atoms with Crippen molar-refractivity contribution in [3.63, 3.8) is 0 Å². The summed E-state index contributed by atoms with van der Waals surface area (Å²) in [5.41, 5.74) is 4.08. The molecule has 0 amide bonds. The molecule has 1 aliphatic carbocycles. The third-order valence-electron chi connectivity index (χ3n) is 3.91. The van der Waals surface area contributed by atoms with E-state index in [-0.39, 0.29) is 0 Å². The molecule has 0 spiro atoms. The molecular formula is C18H20BrNO. The molecule has 0 radical (unpaired) electrons. The molecule has 0 saturated heterocycles. The van der Waals surface area contributed by atoms with Crippen LogP contribution in [-0.4, -0.2) is 12.6 Å². The lowest BCUT2D eigenvalue weighted by Crippen LogP contribution is -2.27. The monoisotopic (exact) mass is 345 g/mol. The minimum atomic E-state index is 0.496. The second-order valence-electron chi connectivity index (χ2n) is 5.46. The molecule has 1 unspecified atom stereocenters. The van der Waals surface area contributed by atoms with Crippen LogP contribution in [0.1, 0.15) is 24.5 Å². The minimum Gasteiger partial charge on any atom is -0.494 e. The first-order valence-electron chi connectivity index (χ1n) is 7.51. The number of benzene rings is 2. The van der Waals surface area contributed by atoms with Gasteiger partial charge in [-0.1, -0.05) is 28.1 Å². The lowest BCUT2D eigenvalue weighted by Gasteiger charge is -2.26. The van der Waals surface area contributed by atoms with Crippen LogP contribution in [0.3, 0.4) is 0 Å². The van der Waals surface area contributed by atoms with Crippen molar-refractivity contribution in [3.8, 4) is 5.75 Å². The van der Waals surface area contributed by atoms with Gasteiger partial charge in [0.25, 0.3) is 0 Å². The molecule has 3 rings (SSSR count). The van der Waals surface area contributed by atoms with Crippen molar-refractivity contribution in [2.75, 3.05) is 11.9 Å². The third kappa shape index (κ3) is 3.59. The van der Waals surface area contributed by atoms with E-state index in [9.17, 15) is 0 Å². The van der Waals surface area contributed by atoms with E-state index in [1.54, 1.807) is 0 Å². The quantitative estimate of drug-likeness (QED) is 0.857. The van der Waals surface area contributed by atoms with Crippen LogP contribution in [0.2, 0.25) is 0 Å². The van der Waals surface area contributed by atoms with Gasteiger partial charge in [0.05, 0.1) is 6.61 Å². The fourth-order valence-corrected chi connectivity index (χ4v) is 3.33. The number of fused-ring (bicyclic) bond motifs is 1. The van der Waals surface area contributed by atoms with Crippen LogP contribution in [0.4, 0.5) is 5.69 Å². The Labute approximate surface area is 134 Å². The first-order valence-corrected chi connectivity index (χ1v) is 8.30. The summed E-state index contributed by atoms with van der Waals surface area (Å²) in [4.78, 5) is 0. The summed E-state index contributed by atoms with van der Waals surface area (Å²) in [6.07, 6.45) is 3.39. The molecule has 2 aromatic carbocycles. The zero-order valence-corrected chi connectivity index (χ0v) is 13.8. The Bertz CT molecular complexity index is 626. The number of nitrogens with one attached hydrogen (secondary N) is 1. The fourth-order valence-electron chi connectivity index (χ4n) is 2.92. The number of hydrogen-bond acceptors (Lipinski definition) is 2. The molecule has 21 heavy (non-hydrogen) atoms. The summed E-state index contributed by atoms with van der Waals surface area (Å²) in [6.45, 7) is 2.71. The van der Waals surface area contributed by atoms with Gasteiger partial charge in [0.1, 0.15) is 5.75 Å². The molecule has 0 saturated carbocycles. The van der Waals surface area contributed by atoms with Crippen molar-refractivity contribution in [1.29, 1.82) is 0 Å². The van der Waals surface area contributed by atoms with Crippen LogP contribution in [0.15, 0.2) is 46.9 Å². The number of anilines is 1. The van der Waals surface area contributed by atoms with Gasteiger partial charge in [0.15, 0.2) is 0 Å². The molecule has 110 valence electrons. The van der Waals surface area contributed by atoms with E-state index in [0.717, 1.165) is 24.3 Å². The maximum Gasteiger partial charge on any atom is 0.121 e. The SMILES string of the molecule is CCOc1cccc(NC2CCc3cc(Br)ccc3C2)c1. The van der Waals surface area contributed by atoms with Crippen LogP contribution in [0.5, 0.6) is 5.75 Å². The molecule has 2 aromatic rings. The Hall–Kier alpha value is -1.48. The first-order chi connectivity index (χ1) is 10.2. The second kappa shape index (κ2) is 6.52. The Kier molecular flexibility index (Phi) is 4.49. The van der Waals surface area contributed by atoms with E-state index >= 15 is 0 Å². The van der Waals surface area contributed by atoms with E-state index in [0.29, 0.717) is 12.6 Å². The van der Waals surface area contributed by atoms with E-state index < -0.39 is 0 Å². The standard InChI is InChI=1S/C18H20BrNO/c1-2-21-18-5-3-4-16(12-18)20-17-9-7-13-10-15(19)8-6-14(13)11-17/h3-6,8,10,12,17,20H,2,7,9,11H2,1H3. The summed E-state index contributed by atoms with van der Waals surface area (Å²) in [5.74, 6) is 0.933. The van der Waals surface area contributed by atoms with Crippen molar-refractivity contribution < 1.29 is 4.74 Å². The number of hydrogen-bond donors (Lipinski definition) is 1. The zero-order valence-electron chi connectivity index (χ0n) is 12.2. The van der Waals surface area contributed by atoms with Gasteiger partial charge >= 0.3 is 0 Å². The van der Waals surface area contributed by atoms with Gasteiger partial charge in [-0.3, -0.25) is 0 Å². The highest BCUT2D eigenvalue weighted by molar-refractivity contribution is 9.10. The van der Waals surface area contributed by atoms with Gasteiger partial charge in [-0.2, -0.15) is 0 Å². The largest absolute Gasteiger partial charge is 0.494 e. The van der Waals surface area contributed by atoms with E-state index in [1.807, 2.05) is 19.1 Å². The number of halogens is 1. The Morgan fingerprint density at radius 2 is 2.10 bits per heavy atom. The lowest BCUT2D eigenvalue weighted by molar-refractivity contribution is 0.340. The van der Waals surface area contributed by atoms with Crippen LogP contribution in [0.25, 0.3) is 0 Å². The van der Waals surface area contributed by atoms with E-state index in [2.05, 4.69) is 51.6 Å². The molecule has 0 bridgehead atoms. The van der Waals surface area contributed by atoms with Gasteiger partial charge in [-0.15, -0.1) is 0 Å². The summed E-state index contributed by atoms with van der Waals surface area (Å²) < 4.78 is 6.74. The Morgan fingerprint density at radius 1 is 1.19 bits per heavy atom. The predicted octanol–water partition coefficient (Wildman–Crippen LogP) is 4.82. The highest BCUT2D eigenvalue weighted by atomic mass is 79.9. The molecule has 0 fully saturated rings. The van der Waals surface area contributed by atoms with Gasteiger partial charge < -0.3 is 10.1 Å². The minimum absolute atomic E-state index is 0.496. The smallest absolute Gasteiger partial charge is 0.121 e. The maximum atomic E-state index is 5.56. The number of aryl methyl sites for hydroxylation is 1. The first kappa shape index (κ1) is 14.5. The van der Waals surface area contributed by atoms with Gasteiger partial charge in [0, 0.05) is 22.3 Å². The van der Waals surface area contributed by atoms with Crippen molar-refractivity contribution >= 4 is 21.6 Å². The summed E-state index contributed by atoms with van der Waals surface area (Å²) >= 11 is 3.55. The normalized spacial score (nSPS) is 17.1. The molecule has 1 N–H and O–H groups in total. The molecule has 2 nitrogen and oxygen atoms in total. The van der Waals surface area contributed by atoms with Crippen LogP contribution in [0, 0.1) is 0 Å². The van der Waals surface area contributed by atoms with Gasteiger partial charge in [0.2, 0.25) is 0 Å². The van der Waals surface area contributed by atoms with Crippen molar-refractivity contribution in [1.82, 2.24) is 0 Å². The maximum absolute atomic E-state index is 5.56. The average Bonchev–Trinajstić information content (AvgIpc) is 2.48. The topological polar surface area (TPSA) is 21.3 Å². The van der Waals surface area contributed by atoms with E-state index in [4.69, 9.17) is 4.74 Å².